The van der Waals surface area contributed by atoms with Gasteiger partial charge in [-0.25, -0.2) is 0 Å². The molecule has 1 heterocycles. The number of fused-ring (bicyclic) bond motifs is 3. The van der Waals surface area contributed by atoms with Crippen LogP contribution in [0.25, 0.3) is 21.8 Å². The van der Waals surface area contributed by atoms with Crippen molar-refractivity contribution in [3.05, 3.63) is 48.0 Å². The summed E-state index contributed by atoms with van der Waals surface area (Å²) in [5.74, 6) is 0. The molecule has 122 valence electrons. The first kappa shape index (κ1) is 16.0. The van der Waals surface area contributed by atoms with Crippen LogP contribution in [0.1, 0.15) is 12.5 Å². The largest absolute Gasteiger partial charge is 0.391 e. The van der Waals surface area contributed by atoms with E-state index in [0.29, 0.717) is 0 Å². The predicted octanol–water partition coefficient (Wildman–Crippen LogP) is 0.434. The van der Waals surface area contributed by atoms with E-state index in [-0.39, 0.29) is 6.61 Å². The van der Waals surface area contributed by atoms with Gasteiger partial charge in [0.25, 0.3) is 0 Å². The van der Waals surface area contributed by atoms with E-state index in [4.69, 9.17) is 5.11 Å². The number of aryl methyl sites for hydroxylation is 1. The van der Waals surface area contributed by atoms with Crippen LogP contribution >= 0.6 is 0 Å². The monoisotopic (exact) mass is 313 g/mol. The van der Waals surface area contributed by atoms with Crippen molar-refractivity contribution in [2.75, 3.05) is 26.2 Å². The highest BCUT2D eigenvalue weighted by molar-refractivity contribution is 6.08. The molecule has 4 heteroatoms. The van der Waals surface area contributed by atoms with Crippen molar-refractivity contribution in [1.29, 1.82) is 0 Å². The zero-order valence-electron chi connectivity index (χ0n) is 13.8. The molecule has 0 aliphatic carbocycles. The second-order valence-electron chi connectivity index (χ2n) is 5.98. The average molecular weight is 313 g/mol. The molecule has 0 amide bonds. The van der Waals surface area contributed by atoms with Crippen molar-refractivity contribution in [3.63, 3.8) is 0 Å². The van der Waals surface area contributed by atoms with Crippen LogP contribution in [-0.4, -0.2) is 35.9 Å². The molecule has 5 N–H and O–H groups in total. The van der Waals surface area contributed by atoms with E-state index in [1.54, 1.807) is 0 Å². The van der Waals surface area contributed by atoms with Crippen LogP contribution in [-0.2, 0) is 13.1 Å². The number of rotatable bonds is 8. The molecule has 0 atom stereocenters. The molecule has 0 fully saturated rings. The molecule has 0 radical (unpaired) electrons. The number of nitrogens with zero attached hydrogens (tertiary/aromatic N) is 1. The molecule has 0 saturated heterocycles. The average Bonchev–Trinajstić information content (AvgIpc) is 2.91. The summed E-state index contributed by atoms with van der Waals surface area (Å²) >= 11 is 0. The molecule has 0 spiro atoms. The third-order valence-corrected chi connectivity index (χ3v) is 4.44. The van der Waals surface area contributed by atoms with Crippen LogP contribution in [0.4, 0.5) is 0 Å². The highest BCUT2D eigenvalue weighted by Gasteiger charge is 2.09. The number of aliphatic hydroxyl groups excluding tert-OH is 1. The molecular weight excluding hydrogens is 286 g/mol. The van der Waals surface area contributed by atoms with Crippen molar-refractivity contribution in [3.8, 4) is 0 Å². The molecule has 2 aromatic carbocycles. The number of quaternary nitrogens is 2. The molecule has 1 aromatic heterocycles. The molecule has 4 nitrogen and oxygen atoms in total. The summed E-state index contributed by atoms with van der Waals surface area (Å²) in [4.78, 5) is 0. The molecule has 3 aromatic rings. The lowest BCUT2D eigenvalue weighted by molar-refractivity contribution is -0.731. The molecule has 0 aliphatic rings. The van der Waals surface area contributed by atoms with Gasteiger partial charge in [-0.3, -0.25) is 0 Å². The standard InChI is InChI=1S/C19H25N3O/c1-2-22-18-6-4-3-5-16(18)17-13-15(7-8-19(17)22)14-21-10-9-20-11-12-23/h3-8,13,20-21,23H,2,9-12,14H2,1H3/p+2. The Bertz CT molecular complexity index is 779. The van der Waals surface area contributed by atoms with E-state index >= 15 is 0 Å². The summed E-state index contributed by atoms with van der Waals surface area (Å²) in [7, 11) is 0. The molecule has 0 aliphatic heterocycles. The lowest BCUT2D eigenvalue weighted by Gasteiger charge is -2.04. The molecular formula is C19H27N3O+2. The van der Waals surface area contributed by atoms with Crippen LogP contribution in [0.2, 0.25) is 0 Å². The van der Waals surface area contributed by atoms with Crippen LogP contribution < -0.4 is 10.6 Å². The van der Waals surface area contributed by atoms with Gasteiger partial charge in [0, 0.05) is 33.9 Å². The Kier molecular flexibility index (Phi) is 5.28. The Morgan fingerprint density at radius 3 is 2.52 bits per heavy atom. The van der Waals surface area contributed by atoms with Gasteiger partial charge in [-0.2, -0.15) is 0 Å². The van der Waals surface area contributed by atoms with Crippen molar-refractivity contribution < 1.29 is 15.7 Å². The van der Waals surface area contributed by atoms with Gasteiger partial charge >= 0.3 is 0 Å². The number of aliphatic hydroxyl groups is 1. The van der Waals surface area contributed by atoms with Crippen LogP contribution in [0.15, 0.2) is 42.5 Å². The lowest BCUT2D eigenvalue weighted by atomic mass is 10.1. The maximum atomic E-state index is 8.77. The minimum atomic E-state index is 0.262. The van der Waals surface area contributed by atoms with Crippen LogP contribution in [0, 0.1) is 0 Å². The summed E-state index contributed by atoms with van der Waals surface area (Å²) in [5.41, 5.74) is 4.03. The third kappa shape index (κ3) is 3.39. The lowest BCUT2D eigenvalue weighted by Crippen LogP contribution is -2.94. The van der Waals surface area contributed by atoms with Gasteiger partial charge in [0.1, 0.15) is 19.6 Å². The fourth-order valence-electron chi connectivity index (χ4n) is 3.31. The third-order valence-electron chi connectivity index (χ3n) is 4.44. The number of para-hydroxylation sites is 1. The zero-order chi connectivity index (χ0) is 16.1. The summed E-state index contributed by atoms with van der Waals surface area (Å²) < 4.78 is 2.39. The maximum absolute atomic E-state index is 8.77. The number of benzene rings is 2. The molecule has 0 unspecified atom stereocenters. The highest BCUT2D eigenvalue weighted by atomic mass is 16.3. The Morgan fingerprint density at radius 1 is 0.913 bits per heavy atom. The van der Waals surface area contributed by atoms with Crippen molar-refractivity contribution in [2.45, 2.75) is 20.0 Å². The molecule has 23 heavy (non-hydrogen) atoms. The fraction of sp³-hybridized carbons (Fsp3) is 0.368. The number of nitrogens with two attached hydrogens (primary N) is 2. The van der Waals surface area contributed by atoms with Gasteiger partial charge in [-0.15, -0.1) is 0 Å². The van der Waals surface area contributed by atoms with Gasteiger partial charge in [0.15, 0.2) is 0 Å². The summed E-state index contributed by atoms with van der Waals surface area (Å²) in [6.45, 7) is 7.41. The van der Waals surface area contributed by atoms with Crippen molar-refractivity contribution in [2.24, 2.45) is 0 Å². The number of aromatic nitrogens is 1. The van der Waals surface area contributed by atoms with Gasteiger partial charge in [0.2, 0.25) is 0 Å². The minimum Gasteiger partial charge on any atom is -0.391 e. The van der Waals surface area contributed by atoms with E-state index < -0.39 is 0 Å². The summed E-state index contributed by atoms with van der Waals surface area (Å²) in [5, 5.41) is 16.0. The number of hydrogen-bond donors (Lipinski definition) is 3. The SMILES string of the molecule is CCn1c2ccccc2c2cc(C[NH2+]CC[NH2+]CCO)ccc21. The van der Waals surface area contributed by atoms with E-state index in [0.717, 1.165) is 32.7 Å². The smallest absolute Gasteiger partial charge is 0.125 e. The Hall–Kier alpha value is -1.88. The fourth-order valence-corrected chi connectivity index (χ4v) is 3.31. The first-order valence-corrected chi connectivity index (χ1v) is 8.59. The van der Waals surface area contributed by atoms with Gasteiger partial charge in [0.05, 0.1) is 13.2 Å². The van der Waals surface area contributed by atoms with Crippen molar-refractivity contribution >= 4 is 21.8 Å². The van der Waals surface area contributed by atoms with Gasteiger partial charge < -0.3 is 20.3 Å². The van der Waals surface area contributed by atoms with E-state index in [1.165, 1.54) is 27.4 Å². The van der Waals surface area contributed by atoms with Crippen molar-refractivity contribution in [1.82, 2.24) is 4.57 Å². The van der Waals surface area contributed by atoms with Gasteiger partial charge in [-0.05, 0) is 25.1 Å². The molecule has 0 bridgehead atoms. The van der Waals surface area contributed by atoms with Crippen LogP contribution in [0.3, 0.4) is 0 Å². The van der Waals surface area contributed by atoms with Gasteiger partial charge in [-0.1, -0.05) is 24.3 Å². The Morgan fingerprint density at radius 2 is 1.70 bits per heavy atom. The molecule has 3 rings (SSSR count). The van der Waals surface area contributed by atoms with E-state index in [9.17, 15) is 0 Å². The molecule has 0 saturated carbocycles. The maximum Gasteiger partial charge on any atom is 0.125 e. The quantitative estimate of drug-likeness (QED) is 0.519. The van der Waals surface area contributed by atoms with E-state index in [2.05, 4.69) is 64.6 Å². The first-order chi connectivity index (χ1) is 11.3. The Balaban J connectivity index is 1.78. The normalized spacial score (nSPS) is 11.6. The summed E-state index contributed by atoms with van der Waals surface area (Å²) in [6.07, 6.45) is 0. The second kappa shape index (κ2) is 7.59. The zero-order valence-corrected chi connectivity index (χ0v) is 13.8. The number of hydrogen-bond acceptors (Lipinski definition) is 1. The second-order valence-corrected chi connectivity index (χ2v) is 5.98. The van der Waals surface area contributed by atoms with Crippen LogP contribution in [0.5, 0.6) is 0 Å². The van der Waals surface area contributed by atoms with E-state index in [1.807, 2.05) is 0 Å². The predicted molar refractivity (Wildman–Crippen MR) is 94.4 cm³/mol. The highest BCUT2D eigenvalue weighted by Crippen LogP contribution is 2.29. The topological polar surface area (TPSA) is 58.4 Å². The first-order valence-electron chi connectivity index (χ1n) is 8.59. The Labute approximate surface area is 137 Å². The summed E-state index contributed by atoms with van der Waals surface area (Å²) in [6, 6.07) is 15.5. The minimum absolute atomic E-state index is 0.262.